The standard InChI is InChI=1S/C30H41NO3/c1-8-27(18-15-25(4)31(9-2)21-22-32)19-20-29(26(5)33-6)23-30(34-7)12-10-11-28-16-13-24(3)14-17-28/h8,10-11,13-20,23,32H,1,9,12,21-22H2,2-7H3/b11-10+,20-19+,25-15+,27-18+,29-26+,30-23+. The zero-order valence-corrected chi connectivity index (χ0v) is 21.7. The monoisotopic (exact) mass is 463 g/mol. The number of methoxy groups -OCH3 is 2. The largest absolute Gasteiger partial charge is 0.501 e. The van der Waals surface area contributed by atoms with Crippen LogP contribution in [0.5, 0.6) is 0 Å². The lowest BCUT2D eigenvalue weighted by Gasteiger charge is -2.22. The molecule has 0 bridgehead atoms. The van der Waals surface area contributed by atoms with Crippen molar-refractivity contribution < 1.29 is 14.6 Å². The fraction of sp³-hybridized carbons (Fsp3) is 0.333. The molecular weight excluding hydrogens is 422 g/mol. The minimum atomic E-state index is 0.135. The molecule has 0 unspecified atom stereocenters. The Morgan fingerprint density at radius 2 is 1.76 bits per heavy atom. The molecule has 4 heteroatoms. The maximum atomic E-state index is 9.23. The number of benzene rings is 1. The van der Waals surface area contributed by atoms with E-state index in [2.05, 4.69) is 61.7 Å². The quantitative estimate of drug-likeness (QED) is 0.245. The Hall–Kier alpha value is -3.24. The molecule has 0 spiro atoms. The molecule has 184 valence electrons. The number of aryl methyl sites for hydroxylation is 1. The number of hydrogen-bond acceptors (Lipinski definition) is 4. The summed E-state index contributed by atoms with van der Waals surface area (Å²) < 4.78 is 11.1. The molecule has 0 saturated carbocycles. The Balaban J connectivity index is 3.07. The lowest BCUT2D eigenvalue weighted by Crippen LogP contribution is -2.24. The molecule has 0 fully saturated rings. The number of allylic oxidation sites excluding steroid dienone is 11. The summed E-state index contributed by atoms with van der Waals surface area (Å²) in [5, 5.41) is 9.23. The molecule has 1 aromatic carbocycles. The van der Waals surface area contributed by atoms with Crippen molar-refractivity contribution in [1.29, 1.82) is 0 Å². The summed E-state index contributed by atoms with van der Waals surface area (Å²) in [6.07, 6.45) is 16.7. The van der Waals surface area contributed by atoms with E-state index in [-0.39, 0.29) is 6.61 Å². The van der Waals surface area contributed by atoms with Crippen molar-refractivity contribution in [3.8, 4) is 0 Å². The summed E-state index contributed by atoms with van der Waals surface area (Å²) in [5.41, 5.74) is 5.39. The van der Waals surface area contributed by atoms with Crippen LogP contribution in [0, 0.1) is 6.92 Å². The summed E-state index contributed by atoms with van der Waals surface area (Å²) in [6.45, 7) is 13.7. The molecule has 1 aromatic rings. The Morgan fingerprint density at radius 3 is 2.32 bits per heavy atom. The van der Waals surface area contributed by atoms with Gasteiger partial charge >= 0.3 is 0 Å². The number of aliphatic hydroxyl groups is 1. The first-order valence-corrected chi connectivity index (χ1v) is 11.7. The highest BCUT2D eigenvalue weighted by atomic mass is 16.5. The van der Waals surface area contributed by atoms with E-state index >= 15 is 0 Å². The molecule has 0 atom stereocenters. The topological polar surface area (TPSA) is 41.9 Å². The van der Waals surface area contributed by atoms with E-state index in [1.165, 1.54) is 5.56 Å². The molecule has 0 radical (unpaired) electrons. The molecule has 0 aliphatic rings. The van der Waals surface area contributed by atoms with Gasteiger partial charge in [-0.2, -0.15) is 0 Å². The smallest absolute Gasteiger partial charge is 0.1000 e. The zero-order chi connectivity index (χ0) is 25.3. The second-order valence-electron chi connectivity index (χ2n) is 7.86. The van der Waals surface area contributed by atoms with Crippen molar-refractivity contribution >= 4 is 6.08 Å². The summed E-state index contributed by atoms with van der Waals surface area (Å²) >= 11 is 0. The molecule has 0 aliphatic heterocycles. The van der Waals surface area contributed by atoms with Gasteiger partial charge in [-0.05, 0) is 51.0 Å². The molecule has 0 saturated heterocycles. The van der Waals surface area contributed by atoms with Gasteiger partial charge in [0.05, 0.1) is 32.3 Å². The molecule has 34 heavy (non-hydrogen) atoms. The van der Waals surface area contributed by atoms with Gasteiger partial charge in [-0.3, -0.25) is 0 Å². The van der Waals surface area contributed by atoms with Crippen LogP contribution in [0.2, 0.25) is 0 Å². The van der Waals surface area contributed by atoms with Crippen LogP contribution in [0.15, 0.2) is 102 Å². The number of hydrogen-bond donors (Lipinski definition) is 1. The number of ether oxygens (including phenoxy) is 2. The van der Waals surface area contributed by atoms with Gasteiger partial charge in [0.25, 0.3) is 0 Å². The van der Waals surface area contributed by atoms with Crippen molar-refractivity contribution in [2.24, 2.45) is 0 Å². The van der Waals surface area contributed by atoms with Gasteiger partial charge in [-0.15, -0.1) is 0 Å². The first-order chi connectivity index (χ1) is 16.4. The molecule has 0 aromatic heterocycles. The van der Waals surface area contributed by atoms with Crippen molar-refractivity contribution in [3.63, 3.8) is 0 Å². The average molecular weight is 464 g/mol. The van der Waals surface area contributed by atoms with Gasteiger partial charge in [-0.1, -0.05) is 72.9 Å². The fourth-order valence-electron chi connectivity index (χ4n) is 3.15. The normalized spacial score (nSPS) is 13.9. The van der Waals surface area contributed by atoms with Gasteiger partial charge in [-0.25, -0.2) is 0 Å². The molecule has 0 amide bonds. The third-order valence-electron chi connectivity index (χ3n) is 5.46. The Bertz CT molecular complexity index is 944. The van der Waals surface area contributed by atoms with E-state index < -0.39 is 0 Å². The highest BCUT2D eigenvalue weighted by molar-refractivity contribution is 5.50. The Labute approximate surface area is 206 Å². The molecule has 4 nitrogen and oxygen atoms in total. The highest BCUT2D eigenvalue weighted by Gasteiger charge is 2.02. The summed E-state index contributed by atoms with van der Waals surface area (Å²) in [4.78, 5) is 2.12. The van der Waals surface area contributed by atoms with Gasteiger partial charge < -0.3 is 19.5 Å². The van der Waals surface area contributed by atoms with E-state index in [1.807, 2.05) is 50.3 Å². The van der Waals surface area contributed by atoms with E-state index in [9.17, 15) is 5.11 Å². The molecule has 1 rings (SSSR count). The van der Waals surface area contributed by atoms with Gasteiger partial charge in [0, 0.05) is 30.8 Å². The fourth-order valence-corrected chi connectivity index (χ4v) is 3.15. The molecule has 0 aliphatic carbocycles. The maximum absolute atomic E-state index is 9.23. The van der Waals surface area contributed by atoms with Gasteiger partial charge in [0.1, 0.15) is 0 Å². The first-order valence-electron chi connectivity index (χ1n) is 11.7. The maximum Gasteiger partial charge on any atom is 0.1000 e. The SMILES string of the molecule is C=CC(/C=C/C(/C=C(\C/C=C/c1ccc(C)cc1)OC)=C(/C)OC)=C\C=C(/C)N(CC)CCO. The van der Waals surface area contributed by atoms with E-state index in [1.54, 1.807) is 14.2 Å². The van der Waals surface area contributed by atoms with Crippen LogP contribution in [0.4, 0.5) is 0 Å². The highest BCUT2D eigenvalue weighted by Crippen LogP contribution is 2.17. The second kappa shape index (κ2) is 16.4. The van der Waals surface area contributed by atoms with Gasteiger partial charge in [0.15, 0.2) is 0 Å². The van der Waals surface area contributed by atoms with Crippen molar-refractivity contribution in [1.82, 2.24) is 4.90 Å². The Kier molecular flexibility index (Phi) is 13.9. The van der Waals surface area contributed by atoms with Gasteiger partial charge in [0.2, 0.25) is 0 Å². The third-order valence-corrected chi connectivity index (χ3v) is 5.46. The van der Waals surface area contributed by atoms with Crippen LogP contribution in [0.1, 0.15) is 38.3 Å². The van der Waals surface area contributed by atoms with E-state index in [0.717, 1.165) is 40.5 Å². The third kappa shape index (κ3) is 10.6. The van der Waals surface area contributed by atoms with E-state index in [4.69, 9.17) is 9.47 Å². The molecular formula is C30H41NO3. The molecule has 0 heterocycles. The van der Waals surface area contributed by atoms with Crippen LogP contribution in [0.25, 0.3) is 6.08 Å². The number of nitrogens with zero attached hydrogens (tertiary/aromatic N) is 1. The summed E-state index contributed by atoms with van der Waals surface area (Å²) in [5.74, 6) is 1.63. The zero-order valence-electron chi connectivity index (χ0n) is 21.7. The van der Waals surface area contributed by atoms with Crippen molar-refractivity contribution in [2.75, 3.05) is 33.9 Å². The summed E-state index contributed by atoms with van der Waals surface area (Å²) in [7, 11) is 3.35. The van der Waals surface area contributed by atoms with Crippen LogP contribution < -0.4 is 0 Å². The minimum absolute atomic E-state index is 0.135. The van der Waals surface area contributed by atoms with Crippen LogP contribution in [-0.4, -0.2) is 43.9 Å². The minimum Gasteiger partial charge on any atom is -0.501 e. The van der Waals surface area contributed by atoms with Crippen molar-refractivity contribution in [2.45, 2.75) is 34.1 Å². The van der Waals surface area contributed by atoms with Crippen LogP contribution in [0.3, 0.4) is 0 Å². The second-order valence-corrected chi connectivity index (χ2v) is 7.86. The number of likely N-dealkylation sites (N-methyl/N-ethyl adjacent to an activating group) is 1. The van der Waals surface area contributed by atoms with E-state index in [0.29, 0.717) is 13.0 Å². The van der Waals surface area contributed by atoms with Crippen molar-refractivity contribution in [3.05, 3.63) is 113 Å². The Morgan fingerprint density at radius 1 is 1.06 bits per heavy atom. The predicted molar refractivity (Wildman–Crippen MR) is 145 cm³/mol. The van der Waals surface area contributed by atoms with Crippen LogP contribution in [-0.2, 0) is 9.47 Å². The lowest BCUT2D eigenvalue weighted by atomic mass is 10.1. The first kappa shape index (κ1) is 28.8. The predicted octanol–water partition coefficient (Wildman–Crippen LogP) is 6.74. The van der Waals surface area contributed by atoms with Crippen LogP contribution >= 0.6 is 0 Å². The lowest BCUT2D eigenvalue weighted by molar-refractivity contribution is 0.231. The average Bonchev–Trinajstić information content (AvgIpc) is 2.85. The number of rotatable bonds is 14. The number of aliphatic hydroxyl groups excluding tert-OH is 1. The molecule has 1 N–H and O–H groups in total. The summed E-state index contributed by atoms with van der Waals surface area (Å²) in [6, 6.07) is 8.42.